The maximum Gasteiger partial charge on any atom is 2.00 e. The van der Waals surface area contributed by atoms with E-state index < -0.39 is 38.4 Å². The quantitative estimate of drug-likeness (QED) is 0.186. The van der Waals surface area contributed by atoms with Gasteiger partial charge in [-0.1, -0.05) is 0 Å². The molecule has 0 aromatic heterocycles. The minimum absolute atomic E-state index is 0. The van der Waals surface area contributed by atoms with E-state index in [1.54, 1.807) is 0 Å². The van der Waals surface area contributed by atoms with Gasteiger partial charge < -0.3 is 41.7 Å². The van der Waals surface area contributed by atoms with Crippen LogP contribution in [0.3, 0.4) is 0 Å². The predicted octanol–water partition coefficient (Wildman–Crippen LogP) is -5.68. The van der Waals surface area contributed by atoms with E-state index in [1.165, 1.54) is 0 Å². The van der Waals surface area contributed by atoms with Gasteiger partial charge in [0, 0.05) is 0 Å². The third-order valence-electron chi connectivity index (χ3n) is 3.86. The van der Waals surface area contributed by atoms with E-state index in [9.17, 15) is 28.9 Å². The molecule has 6 heterocycles. The number of carboxylic acids is 2. The van der Waals surface area contributed by atoms with Crippen molar-refractivity contribution in [1.82, 2.24) is 0 Å². The van der Waals surface area contributed by atoms with Gasteiger partial charge in [-0.2, -0.15) is 0 Å². The second-order valence-electron chi connectivity index (χ2n) is 5.67. The molecule has 0 spiro atoms. The van der Waals surface area contributed by atoms with Gasteiger partial charge in [0.05, 0.1) is 62.4 Å². The number of aliphatic carboxylic acids is 2. The Hall–Kier alpha value is -0.481. The molecule has 1 radical (unpaired) electrons. The van der Waals surface area contributed by atoms with Gasteiger partial charge in [0.2, 0.25) is 0 Å². The van der Waals surface area contributed by atoms with Crippen molar-refractivity contribution in [2.45, 2.75) is 0 Å². The summed E-state index contributed by atoms with van der Waals surface area (Å²) < 4.78 is 50.0. The molecule has 0 aliphatic carbocycles. The van der Waals surface area contributed by atoms with Gasteiger partial charge >= 0.3 is 32.7 Å². The SMILES string of the molecule is O.O.O=C([O-])C12COP(=O)(OC1)OC2.O=C([O-])C12COP(=O)(OC1)OC2.[Cu+2].[OH3+].[OH3+]. The Labute approximate surface area is 173 Å². The Morgan fingerprint density at radius 3 is 0.931 bits per heavy atom. The molecule has 0 aromatic rings. The number of fused-ring (bicyclic) bond motifs is 6. The fraction of sp³-hybridized carbons (Fsp3) is 0.800. The topological polar surface area (TPSA) is 299 Å². The predicted molar refractivity (Wildman–Crippen MR) is 82.8 cm³/mol. The van der Waals surface area contributed by atoms with E-state index in [0.29, 0.717) is 0 Å². The smallest absolute Gasteiger partial charge is 0.549 e. The van der Waals surface area contributed by atoms with Crippen LogP contribution in [0.5, 0.6) is 0 Å². The standard InChI is InChI=1S/2C5H7O6P.Cu.4H2O/c2*6-4(7)5-1-9-12(8,10-2-5)11-3-5;;;;;/h2*1-3H2,(H,6,7);;4*1H2/q;;+2;;;;. The monoisotopic (exact) mass is 523 g/mol. The molecule has 6 aliphatic rings. The van der Waals surface area contributed by atoms with Crippen LogP contribution in [-0.4, -0.2) is 62.5 Å². The molecule has 6 rings (SSSR count). The molecule has 29 heavy (non-hydrogen) atoms. The molecule has 10 N–H and O–H groups in total. The Morgan fingerprint density at radius 1 is 0.621 bits per heavy atom. The van der Waals surface area contributed by atoms with E-state index in [0.717, 1.165) is 0 Å². The second kappa shape index (κ2) is 11.2. The van der Waals surface area contributed by atoms with Gasteiger partial charge in [-0.05, 0) is 0 Å². The van der Waals surface area contributed by atoms with Crippen LogP contribution >= 0.6 is 15.6 Å². The zero-order valence-electron chi connectivity index (χ0n) is 14.5. The molecule has 19 heteroatoms. The Morgan fingerprint density at radius 2 is 0.793 bits per heavy atom. The molecule has 177 valence electrons. The molecule has 0 saturated carbocycles. The first-order valence-corrected chi connectivity index (χ1v) is 9.55. The maximum absolute atomic E-state index is 11.1. The van der Waals surface area contributed by atoms with E-state index in [2.05, 4.69) is 27.1 Å². The van der Waals surface area contributed by atoms with Gasteiger partial charge in [0.1, 0.15) is 0 Å². The number of hydrogen-bond donors (Lipinski definition) is 0. The number of carbonyl (C=O) groups is 2. The van der Waals surface area contributed by atoms with Crippen LogP contribution < -0.4 is 10.2 Å². The fourth-order valence-corrected chi connectivity index (χ4v) is 4.92. The molecule has 0 amide bonds. The van der Waals surface area contributed by atoms with Crippen molar-refractivity contribution < 1.29 is 95.0 Å². The minimum Gasteiger partial charge on any atom is -0.549 e. The van der Waals surface area contributed by atoms with Gasteiger partial charge in [0.15, 0.2) is 0 Å². The molecule has 6 aliphatic heterocycles. The van der Waals surface area contributed by atoms with Crippen LogP contribution in [0.15, 0.2) is 0 Å². The summed E-state index contributed by atoms with van der Waals surface area (Å²) in [4.78, 5) is 21.2. The zero-order valence-corrected chi connectivity index (χ0v) is 17.2. The molecule has 0 atom stereocenters. The summed E-state index contributed by atoms with van der Waals surface area (Å²) in [7, 11) is -6.80. The molecular formula is C10H22CuO16P2+2. The van der Waals surface area contributed by atoms with Crippen molar-refractivity contribution >= 4 is 27.6 Å². The van der Waals surface area contributed by atoms with Crippen LogP contribution in [0.4, 0.5) is 0 Å². The van der Waals surface area contributed by atoms with Crippen LogP contribution in [0, 0.1) is 10.8 Å². The molecule has 0 aromatic carbocycles. The summed E-state index contributed by atoms with van der Waals surface area (Å²) >= 11 is 0. The van der Waals surface area contributed by atoms with Crippen molar-refractivity contribution in [2.24, 2.45) is 10.8 Å². The fourth-order valence-electron chi connectivity index (χ4n) is 2.04. The third kappa shape index (κ3) is 6.26. The largest absolute Gasteiger partial charge is 2.00 e. The van der Waals surface area contributed by atoms with Crippen LogP contribution in [0.25, 0.3) is 0 Å². The van der Waals surface area contributed by atoms with E-state index in [1.807, 2.05) is 0 Å². The number of hydrogen-bond acceptors (Lipinski definition) is 12. The zero-order chi connectivity index (χ0) is 17.6. The molecular weight excluding hydrogens is 502 g/mol. The average Bonchev–Trinajstić information content (AvgIpc) is 2.57. The van der Waals surface area contributed by atoms with Gasteiger partial charge in [-0.3, -0.25) is 27.1 Å². The molecule has 6 saturated heterocycles. The van der Waals surface area contributed by atoms with Crippen molar-refractivity contribution in [3.63, 3.8) is 0 Å². The van der Waals surface area contributed by atoms with Gasteiger partial charge in [0.25, 0.3) is 0 Å². The first-order valence-electron chi connectivity index (χ1n) is 6.63. The van der Waals surface area contributed by atoms with Crippen LogP contribution in [0.1, 0.15) is 0 Å². The van der Waals surface area contributed by atoms with Gasteiger partial charge in [-0.15, -0.1) is 0 Å². The van der Waals surface area contributed by atoms with Gasteiger partial charge in [-0.25, -0.2) is 9.13 Å². The number of carboxylic acid groups (broad SMARTS) is 2. The first kappa shape index (κ1) is 33.2. The van der Waals surface area contributed by atoms with Crippen molar-refractivity contribution in [3.8, 4) is 0 Å². The Bertz CT molecular complexity index is 550. The van der Waals surface area contributed by atoms with Crippen LogP contribution in [0.2, 0.25) is 0 Å². The van der Waals surface area contributed by atoms with Crippen molar-refractivity contribution in [2.75, 3.05) is 39.6 Å². The summed E-state index contributed by atoms with van der Waals surface area (Å²) in [6, 6.07) is 0. The Balaban J connectivity index is -0.000000398. The summed E-state index contributed by atoms with van der Waals surface area (Å²) in [6.45, 7) is -0.961. The number of carbonyl (C=O) groups excluding carboxylic acids is 2. The number of phosphoric acid groups is 2. The Kier molecular flexibility index (Phi) is 12.8. The minimum atomic E-state index is -3.40. The molecule has 16 nitrogen and oxygen atoms in total. The molecule has 4 bridgehead atoms. The summed E-state index contributed by atoms with van der Waals surface area (Å²) in [6.07, 6.45) is 0. The first-order chi connectivity index (χ1) is 11.1. The number of rotatable bonds is 2. The normalized spacial score (nSPS) is 38.1. The summed E-state index contributed by atoms with van der Waals surface area (Å²) in [5.41, 5.74) is -2.54. The maximum atomic E-state index is 11.1. The second-order valence-corrected chi connectivity index (χ2v) is 9.01. The van der Waals surface area contributed by atoms with E-state index in [-0.39, 0.29) is 78.6 Å². The van der Waals surface area contributed by atoms with Crippen molar-refractivity contribution in [1.29, 1.82) is 0 Å². The van der Waals surface area contributed by atoms with Crippen molar-refractivity contribution in [3.05, 3.63) is 0 Å². The summed E-state index contributed by atoms with van der Waals surface area (Å²) in [5, 5.41) is 21.2. The van der Waals surface area contributed by atoms with Crippen LogP contribution in [-0.2, 0) is 73.9 Å². The average molecular weight is 524 g/mol. The molecule has 6 fully saturated rings. The molecule has 0 unspecified atom stereocenters. The summed E-state index contributed by atoms with van der Waals surface area (Å²) in [5.74, 6) is -2.60. The third-order valence-corrected chi connectivity index (χ3v) is 6.53. The number of phosphoric ester groups is 2. The van der Waals surface area contributed by atoms with E-state index in [4.69, 9.17) is 0 Å². The van der Waals surface area contributed by atoms with E-state index >= 15 is 0 Å².